The number of rotatable bonds is 4. The number of carbonyl (C=O) groups is 1. The molecule has 0 unspecified atom stereocenters. The van der Waals surface area contributed by atoms with E-state index in [4.69, 9.17) is 0 Å². The maximum atomic E-state index is 11.7. The van der Waals surface area contributed by atoms with E-state index in [-0.39, 0.29) is 12.9 Å². The minimum Gasteiger partial charge on any atom is -0.405 e. The van der Waals surface area contributed by atoms with E-state index < -0.39 is 0 Å². The SMILES string of the molecule is CCC/C(=C\C(=O)NC)B1Nc2cccc3cccc(c23)N1. The van der Waals surface area contributed by atoms with E-state index in [1.54, 1.807) is 13.1 Å². The van der Waals surface area contributed by atoms with Gasteiger partial charge in [-0.05, 0) is 35.5 Å². The first-order valence-electron chi connectivity index (χ1n) is 7.70. The summed E-state index contributed by atoms with van der Waals surface area (Å²) >= 11 is 0. The number of carbonyl (C=O) groups excluding carboxylic acids is 1. The van der Waals surface area contributed by atoms with Crippen molar-refractivity contribution in [1.29, 1.82) is 0 Å². The predicted octanol–water partition coefficient (Wildman–Crippen LogP) is 3.18. The number of allylic oxidation sites excluding steroid dienone is 1. The quantitative estimate of drug-likeness (QED) is 0.599. The van der Waals surface area contributed by atoms with Gasteiger partial charge in [0.25, 0.3) is 0 Å². The van der Waals surface area contributed by atoms with Crippen LogP contribution in [0.25, 0.3) is 10.8 Å². The van der Waals surface area contributed by atoms with Gasteiger partial charge in [0.15, 0.2) is 0 Å². The standard InChI is InChI=1S/C17H20BN3O/c1-3-6-13(11-16(22)19-2)18-20-14-9-4-7-12-8-5-10-15(21-18)17(12)14/h4-5,7-11,20-21H,3,6H2,1-2H3,(H,19,22)/b13-11+. The molecule has 22 heavy (non-hydrogen) atoms. The molecule has 4 nitrogen and oxygen atoms in total. The van der Waals surface area contributed by atoms with E-state index >= 15 is 0 Å². The Hall–Kier alpha value is -2.43. The van der Waals surface area contributed by atoms with Crippen LogP contribution in [-0.2, 0) is 4.79 Å². The van der Waals surface area contributed by atoms with E-state index in [1.807, 2.05) is 0 Å². The first kappa shape index (κ1) is 14.5. The lowest BCUT2D eigenvalue weighted by Gasteiger charge is -2.28. The summed E-state index contributed by atoms with van der Waals surface area (Å²) in [6.45, 7) is 2.06. The number of benzene rings is 2. The second kappa shape index (κ2) is 6.14. The lowest BCUT2D eigenvalue weighted by atomic mass is 9.63. The maximum Gasteiger partial charge on any atom is 0.402 e. The van der Waals surface area contributed by atoms with Crippen LogP contribution in [-0.4, -0.2) is 19.9 Å². The van der Waals surface area contributed by atoms with Crippen molar-refractivity contribution in [1.82, 2.24) is 5.32 Å². The zero-order chi connectivity index (χ0) is 15.5. The molecule has 2 aromatic carbocycles. The van der Waals surface area contributed by atoms with Crippen molar-refractivity contribution < 1.29 is 4.79 Å². The highest BCUT2D eigenvalue weighted by Crippen LogP contribution is 2.35. The van der Waals surface area contributed by atoms with Crippen LogP contribution in [0, 0.1) is 0 Å². The van der Waals surface area contributed by atoms with E-state index in [9.17, 15) is 4.79 Å². The fraction of sp³-hybridized carbons (Fsp3) is 0.235. The lowest BCUT2D eigenvalue weighted by Crippen LogP contribution is -2.40. The third kappa shape index (κ3) is 2.66. The van der Waals surface area contributed by atoms with Gasteiger partial charge >= 0.3 is 6.98 Å². The van der Waals surface area contributed by atoms with Gasteiger partial charge in [-0.2, -0.15) is 0 Å². The molecule has 0 radical (unpaired) electrons. The minimum absolute atomic E-state index is 0.0576. The highest BCUT2D eigenvalue weighted by Gasteiger charge is 2.27. The molecule has 0 saturated heterocycles. The fourth-order valence-corrected chi connectivity index (χ4v) is 2.94. The van der Waals surface area contributed by atoms with Gasteiger partial charge in [-0.25, -0.2) is 0 Å². The first-order chi connectivity index (χ1) is 10.7. The van der Waals surface area contributed by atoms with Gasteiger partial charge in [0.1, 0.15) is 0 Å². The highest BCUT2D eigenvalue weighted by atomic mass is 16.1. The van der Waals surface area contributed by atoms with Crippen LogP contribution in [0.4, 0.5) is 11.4 Å². The molecule has 2 aromatic rings. The van der Waals surface area contributed by atoms with Gasteiger partial charge in [-0.15, -0.1) is 0 Å². The van der Waals surface area contributed by atoms with Gasteiger partial charge in [0.05, 0.1) is 0 Å². The van der Waals surface area contributed by atoms with Gasteiger partial charge in [0, 0.05) is 23.8 Å². The van der Waals surface area contributed by atoms with E-state index in [1.165, 1.54) is 10.8 Å². The van der Waals surface area contributed by atoms with Gasteiger partial charge in [-0.1, -0.05) is 37.6 Å². The number of amides is 1. The molecule has 0 bridgehead atoms. The maximum absolute atomic E-state index is 11.7. The van der Waals surface area contributed by atoms with Gasteiger partial charge in [0.2, 0.25) is 5.91 Å². The molecular formula is C17H20BN3O. The Balaban J connectivity index is 1.98. The molecule has 0 aliphatic carbocycles. The van der Waals surface area contributed by atoms with Crippen LogP contribution in [0.5, 0.6) is 0 Å². The summed E-state index contributed by atoms with van der Waals surface area (Å²) in [5, 5.41) is 12.1. The zero-order valence-corrected chi connectivity index (χ0v) is 12.9. The molecule has 1 amide bonds. The summed E-state index contributed by atoms with van der Waals surface area (Å²) in [5.41, 5.74) is 3.28. The van der Waals surface area contributed by atoms with Crippen LogP contribution >= 0.6 is 0 Å². The van der Waals surface area contributed by atoms with Crippen LogP contribution in [0.2, 0.25) is 0 Å². The second-order valence-corrected chi connectivity index (χ2v) is 5.51. The smallest absolute Gasteiger partial charge is 0.402 e. The average Bonchev–Trinajstić information content (AvgIpc) is 2.54. The molecule has 0 fully saturated rings. The van der Waals surface area contributed by atoms with Crippen molar-refractivity contribution in [3.63, 3.8) is 0 Å². The first-order valence-corrected chi connectivity index (χ1v) is 7.70. The van der Waals surface area contributed by atoms with Crippen molar-refractivity contribution >= 4 is 35.0 Å². The van der Waals surface area contributed by atoms with Crippen molar-refractivity contribution in [3.8, 4) is 0 Å². The second-order valence-electron chi connectivity index (χ2n) is 5.51. The molecule has 112 valence electrons. The monoisotopic (exact) mass is 293 g/mol. The third-order valence-corrected chi connectivity index (χ3v) is 3.98. The lowest BCUT2D eigenvalue weighted by molar-refractivity contribution is -0.116. The van der Waals surface area contributed by atoms with Crippen molar-refractivity contribution in [2.45, 2.75) is 19.8 Å². The van der Waals surface area contributed by atoms with Gasteiger partial charge < -0.3 is 15.8 Å². The van der Waals surface area contributed by atoms with Crippen molar-refractivity contribution in [2.75, 3.05) is 17.5 Å². The summed E-state index contributed by atoms with van der Waals surface area (Å²) in [6.07, 6.45) is 3.56. The summed E-state index contributed by atoms with van der Waals surface area (Å²) in [5.74, 6) is -0.0656. The Labute approximate surface area is 131 Å². The van der Waals surface area contributed by atoms with Crippen LogP contribution in [0.15, 0.2) is 47.9 Å². The predicted molar refractivity (Wildman–Crippen MR) is 94.0 cm³/mol. The van der Waals surface area contributed by atoms with Crippen LogP contribution in [0.3, 0.4) is 0 Å². The number of nitrogens with one attached hydrogen (secondary N) is 3. The molecule has 0 saturated carbocycles. The Morgan fingerprint density at radius 3 is 2.36 bits per heavy atom. The van der Waals surface area contributed by atoms with E-state index in [0.29, 0.717) is 0 Å². The normalized spacial score (nSPS) is 13.5. The minimum atomic E-state index is -0.0656. The molecule has 0 aromatic heterocycles. The van der Waals surface area contributed by atoms with Gasteiger partial charge in [-0.3, -0.25) is 4.79 Å². The summed E-state index contributed by atoms with van der Waals surface area (Å²) in [7, 11) is 1.65. The largest absolute Gasteiger partial charge is 0.405 e. The van der Waals surface area contributed by atoms with E-state index in [2.05, 4.69) is 59.1 Å². The van der Waals surface area contributed by atoms with Crippen LogP contribution in [0.1, 0.15) is 19.8 Å². The molecular weight excluding hydrogens is 273 g/mol. The van der Waals surface area contributed by atoms with Crippen LogP contribution < -0.4 is 15.8 Å². The summed E-state index contributed by atoms with van der Waals surface area (Å²) < 4.78 is 0. The van der Waals surface area contributed by atoms with Crippen molar-refractivity contribution in [3.05, 3.63) is 47.9 Å². The number of hydrogen-bond donors (Lipinski definition) is 3. The number of likely N-dealkylation sites (N-methyl/N-ethyl adjacent to an activating group) is 1. The molecule has 1 aliphatic heterocycles. The zero-order valence-electron chi connectivity index (χ0n) is 12.9. The van der Waals surface area contributed by atoms with E-state index in [0.717, 1.165) is 29.7 Å². The highest BCUT2D eigenvalue weighted by molar-refractivity contribution is 6.74. The molecule has 0 atom stereocenters. The molecule has 1 heterocycles. The molecule has 3 N–H and O–H groups in total. The Morgan fingerprint density at radius 2 is 1.82 bits per heavy atom. The summed E-state index contributed by atoms with van der Waals surface area (Å²) in [4.78, 5) is 11.7. The number of anilines is 2. The Morgan fingerprint density at radius 1 is 1.18 bits per heavy atom. The molecule has 0 spiro atoms. The topological polar surface area (TPSA) is 53.2 Å². The fourth-order valence-electron chi connectivity index (χ4n) is 2.94. The Bertz CT molecular complexity index is 701. The molecule has 1 aliphatic rings. The summed E-state index contributed by atoms with van der Waals surface area (Å²) in [6, 6.07) is 12.5. The average molecular weight is 293 g/mol. The van der Waals surface area contributed by atoms with Crippen molar-refractivity contribution in [2.24, 2.45) is 0 Å². The Kier molecular flexibility index (Phi) is 4.05. The number of hydrogen-bond acceptors (Lipinski definition) is 3. The molecule has 5 heteroatoms. The third-order valence-electron chi connectivity index (χ3n) is 3.98. The molecule has 3 rings (SSSR count).